The third-order valence-electron chi connectivity index (χ3n) is 8.50. The SMILES string of the molecule is Cc1[nH]c2c(O)cc3c(c2c1C)[C@H](CCl)CN3C(=O)c1cc2cccc(OP(=O)(OCc3ccccc3)OCc3ccccc3)c2o1. The molecule has 0 fully saturated rings. The van der Waals surface area contributed by atoms with Crippen LogP contribution in [0.15, 0.2) is 95.4 Å². The number of phosphoric acid groups is 1. The van der Waals surface area contributed by atoms with E-state index in [1.165, 1.54) is 0 Å². The number of hydrogen-bond donors (Lipinski definition) is 2. The molecule has 0 unspecified atom stereocenters. The molecule has 47 heavy (non-hydrogen) atoms. The molecule has 2 aromatic heterocycles. The van der Waals surface area contributed by atoms with Gasteiger partial charge < -0.3 is 23.9 Å². The topological polar surface area (TPSA) is 114 Å². The first-order valence-electron chi connectivity index (χ1n) is 15.2. The number of phosphoric ester groups is 1. The molecule has 9 nitrogen and oxygen atoms in total. The molecule has 4 aromatic carbocycles. The lowest BCUT2D eigenvalue weighted by molar-refractivity contribution is 0.0964. The van der Waals surface area contributed by atoms with Crippen molar-refractivity contribution in [2.45, 2.75) is 33.0 Å². The van der Waals surface area contributed by atoms with Gasteiger partial charge in [-0.25, -0.2) is 4.57 Å². The van der Waals surface area contributed by atoms with Crippen LogP contribution in [-0.4, -0.2) is 28.4 Å². The second-order valence-corrected chi connectivity index (χ2v) is 13.5. The normalized spacial score (nSPS) is 14.6. The number of halogens is 1. The number of rotatable bonds is 10. The number of anilines is 1. The minimum absolute atomic E-state index is 0.0128. The number of hydrogen-bond acceptors (Lipinski definition) is 7. The molecule has 0 aliphatic carbocycles. The van der Waals surface area contributed by atoms with E-state index < -0.39 is 13.7 Å². The number of aromatic hydroxyl groups is 1. The van der Waals surface area contributed by atoms with Gasteiger partial charge in [-0.2, -0.15) is 0 Å². The zero-order chi connectivity index (χ0) is 32.7. The lowest BCUT2D eigenvalue weighted by atomic mass is 9.96. The number of nitrogens with zero attached hydrogens (tertiary/aromatic N) is 1. The average molecular weight is 671 g/mol. The number of carbonyl (C=O) groups is 1. The van der Waals surface area contributed by atoms with E-state index >= 15 is 0 Å². The molecule has 0 spiro atoms. The Morgan fingerprint density at radius 3 is 2.28 bits per heavy atom. The van der Waals surface area contributed by atoms with Gasteiger partial charge in [-0.15, -0.1) is 11.6 Å². The van der Waals surface area contributed by atoms with Gasteiger partial charge in [0.05, 0.1) is 24.4 Å². The maximum Gasteiger partial charge on any atom is 0.530 e. The van der Waals surface area contributed by atoms with Crippen molar-refractivity contribution in [3.05, 3.63) is 125 Å². The predicted molar refractivity (Wildman–Crippen MR) is 181 cm³/mol. The van der Waals surface area contributed by atoms with Gasteiger partial charge in [-0.3, -0.25) is 13.8 Å². The van der Waals surface area contributed by atoms with Crippen LogP contribution in [0.2, 0.25) is 0 Å². The highest BCUT2D eigenvalue weighted by molar-refractivity contribution is 7.48. The molecule has 6 aromatic rings. The van der Waals surface area contributed by atoms with Crippen molar-refractivity contribution >= 4 is 52.9 Å². The first-order valence-corrected chi connectivity index (χ1v) is 17.2. The zero-order valence-electron chi connectivity index (χ0n) is 25.7. The van der Waals surface area contributed by atoms with E-state index in [0.717, 1.165) is 33.3 Å². The molecule has 1 aliphatic rings. The summed E-state index contributed by atoms with van der Waals surface area (Å²) in [5.74, 6) is -0.0724. The second kappa shape index (κ2) is 12.6. The number of amides is 1. The van der Waals surface area contributed by atoms with Gasteiger partial charge in [0.1, 0.15) is 5.75 Å². The third-order valence-corrected chi connectivity index (χ3v) is 10.2. The summed E-state index contributed by atoms with van der Waals surface area (Å²) in [5, 5.41) is 12.3. The van der Waals surface area contributed by atoms with E-state index in [0.29, 0.717) is 29.0 Å². The van der Waals surface area contributed by atoms with E-state index in [1.807, 2.05) is 74.5 Å². The summed E-state index contributed by atoms with van der Waals surface area (Å²) in [6, 6.07) is 26.9. The molecule has 2 N–H and O–H groups in total. The smallest absolute Gasteiger partial charge is 0.506 e. The van der Waals surface area contributed by atoms with Crippen molar-refractivity contribution in [3.63, 3.8) is 0 Å². The number of H-pyrrole nitrogens is 1. The molecule has 7 rings (SSSR count). The molecule has 3 heterocycles. The minimum Gasteiger partial charge on any atom is -0.506 e. The second-order valence-electron chi connectivity index (χ2n) is 11.6. The largest absolute Gasteiger partial charge is 0.530 e. The lowest BCUT2D eigenvalue weighted by Crippen LogP contribution is -2.29. The Labute approximate surface area is 276 Å². The molecule has 0 radical (unpaired) electrons. The molecule has 0 saturated heterocycles. The number of nitrogens with one attached hydrogen (secondary N) is 1. The molecular weight excluding hydrogens is 639 g/mol. The number of alkyl halides is 1. The van der Waals surface area contributed by atoms with Crippen molar-refractivity contribution in [2.24, 2.45) is 0 Å². The third kappa shape index (κ3) is 5.92. The van der Waals surface area contributed by atoms with E-state index in [-0.39, 0.29) is 42.0 Å². The number of phenols is 1. The maximum atomic E-state index is 14.1. The van der Waals surface area contributed by atoms with Crippen molar-refractivity contribution in [2.75, 3.05) is 17.3 Å². The summed E-state index contributed by atoms with van der Waals surface area (Å²) in [4.78, 5) is 18.9. The zero-order valence-corrected chi connectivity index (χ0v) is 27.4. The summed E-state index contributed by atoms with van der Waals surface area (Å²) in [7, 11) is -4.20. The van der Waals surface area contributed by atoms with Gasteiger partial charge in [0, 0.05) is 40.9 Å². The highest BCUT2D eigenvalue weighted by atomic mass is 35.5. The number of benzene rings is 4. The molecule has 0 bridgehead atoms. The number of furan rings is 1. The maximum absolute atomic E-state index is 14.1. The number of aromatic nitrogens is 1. The molecule has 11 heteroatoms. The molecule has 240 valence electrons. The van der Waals surface area contributed by atoms with Crippen LogP contribution in [0.4, 0.5) is 5.69 Å². The fourth-order valence-corrected chi connectivity index (χ4v) is 7.46. The Bertz CT molecular complexity index is 2100. The van der Waals surface area contributed by atoms with Gasteiger partial charge in [0.25, 0.3) is 5.91 Å². The monoisotopic (exact) mass is 670 g/mol. The Hall–Kier alpha value is -4.53. The number of fused-ring (bicyclic) bond motifs is 4. The Balaban J connectivity index is 1.21. The summed E-state index contributed by atoms with van der Waals surface area (Å²) >= 11 is 6.43. The van der Waals surface area contributed by atoms with E-state index in [4.69, 9.17) is 29.6 Å². The molecule has 1 atom stereocenters. The van der Waals surface area contributed by atoms with Crippen LogP contribution in [0.3, 0.4) is 0 Å². The van der Waals surface area contributed by atoms with Gasteiger partial charge in [-0.1, -0.05) is 72.8 Å². The average Bonchev–Trinajstić information content (AvgIpc) is 3.78. The van der Waals surface area contributed by atoms with Crippen LogP contribution < -0.4 is 9.42 Å². The van der Waals surface area contributed by atoms with E-state index in [2.05, 4.69) is 4.98 Å². The van der Waals surface area contributed by atoms with Crippen LogP contribution in [0, 0.1) is 13.8 Å². The Kier molecular flexibility index (Phi) is 8.32. The number of aryl methyl sites for hydroxylation is 2. The van der Waals surface area contributed by atoms with Crippen LogP contribution in [0.25, 0.3) is 21.9 Å². The fourth-order valence-electron chi connectivity index (χ4n) is 6.03. The van der Waals surface area contributed by atoms with Crippen LogP contribution in [-0.2, 0) is 26.8 Å². The Morgan fingerprint density at radius 1 is 0.979 bits per heavy atom. The van der Waals surface area contributed by atoms with Gasteiger partial charge >= 0.3 is 7.82 Å². The highest BCUT2D eigenvalue weighted by Gasteiger charge is 2.37. The van der Waals surface area contributed by atoms with Gasteiger partial charge in [0.2, 0.25) is 0 Å². The summed E-state index contributed by atoms with van der Waals surface area (Å²) in [6.45, 7) is 4.22. The van der Waals surface area contributed by atoms with Gasteiger partial charge in [-0.05, 0) is 48.2 Å². The number of phenolic OH excluding ortho intramolecular Hbond substituents is 1. The first kappa shape index (κ1) is 31.1. The van der Waals surface area contributed by atoms with E-state index in [9.17, 15) is 14.5 Å². The highest BCUT2D eigenvalue weighted by Crippen LogP contribution is 2.53. The van der Waals surface area contributed by atoms with Crippen molar-refractivity contribution < 1.29 is 32.5 Å². The van der Waals surface area contributed by atoms with Crippen LogP contribution in [0.5, 0.6) is 11.5 Å². The summed E-state index contributed by atoms with van der Waals surface area (Å²) in [6.07, 6.45) is 0. The summed E-state index contributed by atoms with van der Waals surface area (Å²) < 4.78 is 37.8. The predicted octanol–water partition coefficient (Wildman–Crippen LogP) is 9.14. The van der Waals surface area contributed by atoms with Crippen molar-refractivity contribution in [1.29, 1.82) is 0 Å². The molecule has 0 saturated carbocycles. The summed E-state index contributed by atoms with van der Waals surface area (Å²) in [5.41, 5.74) is 5.85. The molecule has 1 aliphatic heterocycles. The fraction of sp³-hybridized carbons (Fsp3) is 0.194. The van der Waals surface area contributed by atoms with Crippen molar-refractivity contribution in [3.8, 4) is 11.5 Å². The van der Waals surface area contributed by atoms with Crippen LogP contribution in [0.1, 0.15) is 44.4 Å². The molecular formula is C36H32ClN2O7P. The number of para-hydroxylation sites is 1. The standard InChI is InChI=1S/C36H32ClN2O7P/c1-22-23(2)38-34-29(40)17-28-33(32(22)34)27(18-37)19-39(28)36(41)31-16-26-14-9-15-30(35(26)45-31)46-47(42,43-20-24-10-5-3-6-11-24)44-21-25-12-7-4-8-13-25/h3-17,27,38,40H,18-21H2,1-2H3/t27-/m1/s1. The minimum atomic E-state index is -4.20. The van der Waals surface area contributed by atoms with Gasteiger partial charge in [0.15, 0.2) is 17.1 Å². The van der Waals surface area contributed by atoms with Crippen LogP contribution >= 0.6 is 19.4 Å². The first-order chi connectivity index (χ1) is 22.7. The Morgan fingerprint density at radius 2 is 1.64 bits per heavy atom. The van der Waals surface area contributed by atoms with E-state index in [1.54, 1.807) is 35.2 Å². The number of carbonyl (C=O) groups excluding carboxylic acids is 1. The molecule has 1 amide bonds. The number of aromatic amines is 1. The lowest BCUT2D eigenvalue weighted by Gasteiger charge is -2.19. The van der Waals surface area contributed by atoms with Crippen molar-refractivity contribution in [1.82, 2.24) is 4.98 Å². The quantitative estimate of drug-likeness (QED) is 0.110.